The maximum Gasteiger partial charge on any atom is 0.247 e. The van der Waals surface area contributed by atoms with Crippen molar-refractivity contribution in [3.8, 4) is 11.5 Å². The second-order valence-corrected chi connectivity index (χ2v) is 9.03. The fraction of sp³-hybridized carbons (Fsp3) is 0.350. The smallest absolute Gasteiger partial charge is 0.247 e. The summed E-state index contributed by atoms with van der Waals surface area (Å²) >= 11 is 6.05. The van der Waals surface area contributed by atoms with Crippen molar-refractivity contribution in [1.29, 1.82) is 0 Å². The van der Waals surface area contributed by atoms with E-state index in [0.29, 0.717) is 16.5 Å². The third kappa shape index (κ3) is 6.01. The number of benzene rings is 2. The lowest BCUT2D eigenvalue weighted by Crippen LogP contribution is -2.45. The van der Waals surface area contributed by atoms with Crippen molar-refractivity contribution in [3.63, 3.8) is 0 Å². The first-order chi connectivity index (χ1) is 13.5. The molecule has 0 fully saturated rings. The molecule has 0 spiro atoms. The highest BCUT2D eigenvalue weighted by molar-refractivity contribution is 7.92. The van der Waals surface area contributed by atoms with Crippen LogP contribution >= 0.6 is 11.6 Å². The first-order valence-corrected chi connectivity index (χ1v) is 11.2. The molecular formula is C20H25ClN2O5S. The molecule has 0 saturated heterocycles. The van der Waals surface area contributed by atoms with E-state index >= 15 is 0 Å². The van der Waals surface area contributed by atoms with Crippen LogP contribution in [0.4, 0.5) is 11.4 Å². The molecule has 2 aromatic carbocycles. The van der Waals surface area contributed by atoms with Gasteiger partial charge >= 0.3 is 0 Å². The van der Waals surface area contributed by atoms with Crippen LogP contribution < -0.4 is 19.1 Å². The molecule has 0 aliphatic heterocycles. The molecule has 7 nitrogen and oxygen atoms in total. The summed E-state index contributed by atoms with van der Waals surface area (Å²) in [6, 6.07) is 10.4. The molecule has 0 heterocycles. The lowest BCUT2D eigenvalue weighted by molar-refractivity contribution is -0.116. The number of carbonyl (C=O) groups excluding carboxylic acids is 1. The van der Waals surface area contributed by atoms with Gasteiger partial charge in [0.25, 0.3) is 0 Å². The summed E-state index contributed by atoms with van der Waals surface area (Å²) in [5.41, 5.74) is 0.675. The summed E-state index contributed by atoms with van der Waals surface area (Å²) in [7, 11) is -2.40. The number of nitrogens with zero attached hydrogens (tertiary/aromatic N) is 1. The van der Waals surface area contributed by atoms with Crippen LogP contribution in [0.1, 0.15) is 20.8 Å². The highest BCUT2D eigenvalue weighted by Crippen LogP contribution is 2.34. The average Bonchev–Trinajstić information content (AvgIpc) is 2.60. The number of nitrogens with one attached hydrogen (secondary N) is 1. The van der Waals surface area contributed by atoms with E-state index in [1.165, 1.54) is 20.1 Å². The molecule has 1 amide bonds. The lowest BCUT2D eigenvalue weighted by atomic mass is 10.2. The molecule has 0 aliphatic carbocycles. The Morgan fingerprint density at radius 2 is 1.83 bits per heavy atom. The highest BCUT2D eigenvalue weighted by Gasteiger charge is 2.31. The molecule has 29 heavy (non-hydrogen) atoms. The molecule has 0 radical (unpaired) electrons. The summed E-state index contributed by atoms with van der Waals surface area (Å²) < 4.78 is 36.9. The van der Waals surface area contributed by atoms with E-state index in [4.69, 9.17) is 21.1 Å². The summed E-state index contributed by atoms with van der Waals surface area (Å²) in [6.07, 6.45) is 1.00. The maximum absolute atomic E-state index is 12.9. The third-order valence-corrected chi connectivity index (χ3v) is 5.40. The number of methoxy groups -OCH3 is 1. The van der Waals surface area contributed by atoms with Gasteiger partial charge in [0, 0.05) is 16.8 Å². The number of amides is 1. The molecule has 0 saturated carbocycles. The number of hydrogen-bond donors (Lipinski definition) is 1. The number of hydrogen-bond acceptors (Lipinski definition) is 5. The summed E-state index contributed by atoms with van der Waals surface area (Å²) in [5.74, 6) is 0.368. The van der Waals surface area contributed by atoms with Gasteiger partial charge in [0.1, 0.15) is 17.5 Å². The van der Waals surface area contributed by atoms with Crippen molar-refractivity contribution in [3.05, 3.63) is 47.5 Å². The normalized spacial score (nSPS) is 12.4. The minimum atomic E-state index is -3.82. The summed E-state index contributed by atoms with van der Waals surface area (Å²) in [6.45, 7) is 5.29. The Hall–Kier alpha value is -2.45. The molecule has 1 N–H and O–H groups in total. The van der Waals surface area contributed by atoms with E-state index in [9.17, 15) is 13.2 Å². The Bertz CT molecular complexity index is 979. The number of ether oxygens (including phenoxy) is 2. The van der Waals surface area contributed by atoms with Crippen LogP contribution in [0.2, 0.25) is 5.02 Å². The Balaban J connectivity index is 2.35. The third-order valence-electron chi connectivity index (χ3n) is 3.94. The molecule has 0 aliphatic rings. The molecule has 0 aromatic heterocycles. The van der Waals surface area contributed by atoms with Crippen molar-refractivity contribution in [2.24, 2.45) is 0 Å². The van der Waals surface area contributed by atoms with Crippen LogP contribution in [0.5, 0.6) is 11.5 Å². The van der Waals surface area contributed by atoms with Crippen LogP contribution in [0.25, 0.3) is 0 Å². The minimum Gasteiger partial charge on any atom is -0.495 e. The van der Waals surface area contributed by atoms with Gasteiger partial charge in [-0.3, -0.25) is 9.10 Å². The van der Waals surface area contributed by atoms with Crippen LogP contribution in [0, 0.1) is 0 Å². The standard InChI is InChI=1S/C20H25ClN2O5S/c1-13(2)28-17-8-6-7-16(12-17)22-20(24)14(3)23(29(5,25)26)18-11-15(21)9-10-19(18)27-4/h6-14H,1-5H3,(H,22,24)/t14-/m0/s1. The monoisotopic (exact) mass is 440 g/mol. The molecule has 2 aromatic rings. The quantitative estimate of drug-likeness (QED) is 0.672. The van der Waals surface area contributed by atoms with Gasteiger partial charge in [-0.1, -0.05) is 17.7 Å². The number of halogens is 1. The zero-order valence-corrected chi connectivity index (χ0v) is 18.5. The number of carbonyl (C=O) groups is 1. The van der Waals surface area contributed by atoms with Gasteiger partial charge in [-0.15, -0.1) is 0 Å². The number of rotatable bonds is 8. The second kappa shape index (κ2) is 9.37. The Kier molecular flexibility index (Phi) is 7.37. The van der Waals surface area contributed by atoms with Gasteiger partial charge in [-0.25, -0.2) is 8.42 Å². The van der Waals surface area contributed by atoms with E-state index in [-0.39, 0.29) is 17.5 Å². The van der Waals surface area contributed by atoms with Crippen LogP contribution in [-0.2, 0) is 14.8 Å². The first kappa shape index (κ1) is 22.8. The predicted octanol–water partition coefficient (Wildman–Crippen LogP) is 3.93. The van der Waals surface area contributed by atoms with E-state index < -0.39 is 22.0 Å². The Labute approximate surface area is 176 Å². The van der Waals surface area contributed by atoms with Crippen molar-refractivity contribution in [2.75, 3.05) is 23.0 Å². The molecule has 158 valence electrons. The highest BCUT2D eigenvalue weighted by atomic mass is 35.5. The minimum absolute atomic E-state index is 0.0177. The SMILES string of the molecule is COc1ccc(Cl)cc1N([C@@H](C)C(=O)Nc1cccc(OC(C)C)c1)S(C)(=O)=O. The number of sulfonamides is 1. The second-order valence-electron chi connectivity index (χ2n) is 6.73. The Morgan fingerprint density at radius 1 is 1.14 bits per heavy atom. The summed E-state index contributed by atoms with van der Waals surface area (Å²) in [5, 5.41) is 3.05. The van der Waals surface area contributed by atoms with Crippen molar-refractivity contribution >= 4 is 38.9 Å². The zero-order chi connectivity index (χ0) is 21.8. The maximum atomic E-state index is 12.9. The van der Waals surface area contributed by atoms with E-state index in [0.717, 1.165) is 10.6 Å². The largest absolute Gasteiger partial charge is 0.495 e. The predicted molar refractivity (Wildman–Crippen MR) is 116 cm³/mol. The first-order valence-electron chi connectivity index (χ1n) is 8.93. The summed E-state index contributed by atoms with van der Waals surface area (Å²) in [4.78, 5) is 12.9. The zero-order valence-electron chi connectivity index (χ0n) is 17.0. The van der Waals surface area contributed by atoms with Crippen LogP contribution in [0.15, 0.2) is 42.5 Å². The molecule has 9 heteroatoms. The fourth-order valence-electron chi connectivity index (χ4n) is 2.78. The Morgan fingerprint density at radius 3 is 2.41 bits per heavy atom. The van der Waals surface area contributed by atoms with E-state index in [1.807, 2.05) is 13.8 Å². The molecule has 2 rings (SSSR count). The van der Waals surface area contributed by atoms with Crippen LogP contribution in [0.3, 0.4) is 0 Å². The van der Waals surface area contributed by atoms with Gasteiger partial charge < -0.3 is 14.8 Å². The van der Waals surface area contributed by atoms with Gasteiger partial charge in [0.15, 0.2) is 0 Å². The van der Waals surface area contributed by atoms with Crippen molar-refractivity contribution in [2.45, 2.75) is 32.9 Å². The van der Waals surface area contributed by atoms with Gasteiger partial charge in [0.05, 0.1) is 25.2 Å². The molecule has 1 atom stereocenters. The average molecular weight is 441 g/mol. The van der Waals surface area contributed by atoms with Crippen LogP contribution in [-0.4, -0.2) is 39.8 Å². The molecule has 0 unspecified atom stereocenters. The topological polar surface area (TPSA) is 84.9 Å². The van der Waals surface area contributed by atoms with Gasteiger partial charge in [0.2, 0.25) is 15.9 Å². The van der Waals surface area contributed by atoms with E-state index in [2.05, 4.69) is 5.32 Å². The molecule has 0 bridgehead atoms. The number of anilines is 2. The van der Waals surface area contributed by atoms with Crippen molar-refractivity contribution in [1.82, 2.24) is 0 Å². The van der Waals surface area contributed by atoms with Gasteiger partial charge in [-0.05, 0) is 51.1 Å². The lowest BCUT2D eigenvalue weighted by Gasteiger charge is -2.29. The molecular weight excluding hydrogens is 416 g/mol. The van der Waals surface area contributed by atoms with Gasteiger partial charge in [-0.2, -0.15) is 0 Å². The fourth-order valence-corrected chi connectivity index (χ4v) is 4.12. The van der Waals surface area contributed by atoms with E-state index in [1.54, 1.807) is 36.4 Å². The van der Waals surface area contributed by atoms with Crippen molar-refractivity contribution < 1.29 is 22.7 Å².